The Balaban J connectivity index is 3.20. The molecule has 1 rings (SSSR count). The third-order valence-electron chi connectivity index (χ3n) is 2.58. The Morgan fingerprint density at radius 2 is 2.00 bits per heavy atom. The van der Waals surface area contributed by atoms with Crippen molar-refractivity contribution < 1.29 is 9.53 Å². The molecule has 0 aliphatic carbocycles. The fourth-order valence-electron chi connectivity index (χ4n) is 1.55. The van der Waals surface area contributed by atoms with Gasteiger partial charge < -0.3 is 4.74 Å². The van der Waals surface area contributed by atoms with Crippen LogP contribution in [0.2, 0.25) is 0 Å². The Bertz CT molecular complexity index is 392. The lowest BCUT2D eigenvalue weighted by molar-refractivity contribution is 0.112. The van der Waals surface area contributed by atoms with Crippen molar-refractivity contribution in [2.24, 2.45) is 0 Å². The molecule has 0 unspecified atom stereocenters. The van der Waals surface area contributed by atoms with Gasteiger partial charge in [0, 0.05) is 5.56 Å². The van der Waals surface area contributed by atoms with Gasteiger partial charge in [-0.15, -0.1) is 0 Å². The Labute approximate surface area is 90.6 Å². The molecule has 0 radical (unpaired) electrons. The lowest BCUT2D eigenvalue weighted by Crippen LogP contribution is -2.01. The first-order chi connectivity index (χ1) is 7.11. The number of ether oxygens (including phenoxy) is 1. The van der Waals surface area contributed by atoms with Crippen molar-refractivity contribution in [3.63, 3.8) is 0 Å². The molecular formula is C13H16O2. The van der Waals surface area contributed by atoms with E-state index in [0.717, 1.165) is 34.3 Å². The maximum Gasteiger partial charge on any atom is 0.150 e. The van der Waals surface area contributed by atoms with Gasteiger partial charge in [0.2, 0.25) is 0 Å². The first kappa shape index (κ1) is 11.5. The summed E-state index contributed by atoms with van der Waals surface area (Å²) in [5, 5.41) is 0. The van der Waals surface area contributed by atoms with Crippen LogP contribution in [0.3, 0.4) is 0 Å². The van der Waals surface area contributed by atoms with Crippen molar-refractivity contribution in [3.8, 4) is 5.75 Å². The maximum absolute atomic E-state index is 10.9. The molecule has 0 fully saturated rings. The molecule has 0 bridgehead atoms. The van der Waals surface area contributed by atoms with Gasteiger partial charge in [0.15, 0.2) is 6.29 Å². The molecule has 1 aromatic rings. The van der Waals surface area contributed by atoms with Crippen molar-refractivity contribution in [3.05, 3.63) is 41.0 Å². The van der Waals surface area contributed by atoms with Gasteiger partial charge in [-0.25, -0.2) is 0 Å². The fraction of sp³-hybridized carbons (Fsp3) is 0.308. The van der Waals surface area contributed by atoms with E-state index in [9.17, 15) is 4.79 Å². The first-order valence-corrected chi connectivity index (χ1v) is 4.91. The normalized spacial score (nSPS) is 9.80. The van der Waals surface area contributed by atoms with Gasteiger partial charge in [0.05, 0.1) is 0 Å². The minimum absolute atomic E-state index is 0.486. The number of hydrogen-bond acceptors (Lipinski definition) is 2. The second kappa shape index (κ2) is 4.78. The van der Waals surface area contributed by atoms with E-state index in [-0.39, 0.29) is 0 Å². The van der Waals surface area contributed by atoms with Crippen molar-refractivity contribution in [2.75, 3.05) is 6.61 Å². The average molecular weight is 204 g/mol. The Kier molecular flexibility index (Phi) is 3.67. The number of rotatable bonds is 4. The van der Waals surface area contributed by atoms with Gasteiger partial charge >= 0.3 is 0 Å². The maximum atomic E-state index is 10.9. The summed E-state index contributed by atoms with van der Waals surface area (Å²) in [7, 11) is 0. The molecule has 0 aromatic heterocycles. The van der Waals surface area contributed by atoms with Crippen molar-refractivity contribution in [1.29, 1.82) is 0 Å². The minimum Gasteiger partial charge on any atom is -0.489 e. The van der Waals surface area contributed by atoms with Gasteiger partial charge in [0.25, 0.3) is 0 Å². The summed E-state index contributed by atoms with van der Waals surface area (Å²) in [4.78, 5) is 10.9. The van der Waals surface area contributed by atoms with Crippen molar-refractivity contribution >= 4 is 6.29 Å². The fourth-order valence-corrected chi connectivity index (χ4v) is 1.55. The average Bonchev–Trinajstić information content (AvgIpc) is 2.22. The minimum atomic E-state index is 0.486. The second-order valence-electron chi connectivity index (χ2n) is 3.57. The van der Waals surface area contributed by atoms with Crippen LogP contribution < -0.4 is 4.74 Å². The third-order valence-corrected chi connectivity index (χ3v) is 2.58. The van der Waals surface area contributed by atoms with Gasteiger partial charge in [-0.3, -0.25) is 4.79 Å². The van der Waals surface area contributed by atoms with Crippen LogP contribution in [0.1, 0.15) is 27.0 Å². The van der Waals surface area contributed by atoms with Gasteiger partial charge in [-0.1, -0.05) is 12.7 Å². The standard InChI is InChI=1S/C13H16O2/c1-5-6-15-13-7-9(2)12(8-14)10(3)11(13)4/h5,7-8H,1,6H2,2-4H3. The van der Waals surface area contributed by atoms with Crippen LogP contribution in [0.15, 0.2) is 18.7 Å². The van der Waals surface area contributed by atoms with Crippen LogP contribution in [0.4, 0.5) is 0 Å². The van der Waals surface area contributed by atoms with Gasteiger partial charge in [-0.2, -0.15) is 0 Å². The molecule has 2 nitrogen and oxygen atoms in total. The lowest BCUT2D eigenvalue weighted by Gasteiger charge is -2.13. The topological polar surface area (TPSA) is 26.3 Å². The molecule has 2 heteroatoms. The summed E-state index contributed by atoms with van der Waals surface area (Å²) in [5.41, 5.74) is 3.72. The van der Waals surface area contributed by atoms with E-state index in [0.29, 0.717) is 6.61 Å². The molecule has 0 aliphatic heterocycles. The summed E-state index contributed by atoms with van der Waals surface area (Å²) in [6.45, 7) is 9.90. The summed E-state index contributed by atoms with van der Waals surface area (Å²) < 4.78 is 5.51. The predicted octanol–water partition coefficient (Wildman–Crippen LogP) is 2.99. The highest BCUT2D eigenvalue weighted by molar-refractivity contribution is 5.81. The van der Waals surface area contributed by atoms with E-state index in [1.807, 2.05) is 26.8 Å². The van der Waals surface area contributed by atoms with E-state index in [1.165, 1.54) is 0 Å². The molecule has 0 atom stereocenters. The van der Waals surface area contributed by atoms with E-state index < -0.39 is 0 Å². The second-order valence-corrected chi connectivity index (χ2v) is 3.57. The number of hydrogen-bond donors (Lipinski definition) is 0. The monoisotopic (exact) mass is 204 g/mol. The Morgan fingerprint density at radius 1 is 1.33 bits per heavy atom. The lowest BCUT2D eigenvalue weighted by atomic mass is 9.98. The van der Waals surface area contributed by atoms with Crippen molar-refractivity contribution in [2.45, 2.75) is 20.8 Å². The molecule has 1 aromatic carbocycles. The molecule has 0 N–H and O–H groups in total. The molecule has 0 saturated heterocycles. The SMILES string of the molecule is C=CCOc1cc(C)c(C=O)c(C)c1C. The molecule has 80 valence electrons. The Morgan fingerprint density at radius 3 is 2.53 bits per heavy atom. The Hall–Kier alpha value is -1.57. The molecule has 15 heavy (non-hydrogen) atoms. The number of benzene rings is 1. The van der Waals surface area contributed by atoms with Crippen LogP contribution in [-0.4, -0.2) is 12.9 Å². The molecule has 0 heterocycles. The summed E-state index contributed by atoms with van der Waals surface area (Å²) in [5.74, 6) is 0.829. The van der Waals surface area contributed by atoms with Crippen LogP contribution in [0.5, 0.6) is 5.75 Å². The summed E-state index contributed by atoms with van der Waals surface area (Å²) in [6, 6.07) is 1.90. The van der Waals surface area contributed by atoms with Gasteiger partial charge in [-0.05, 0) is 43.5 Å². The zero-order valence-electron chi connectivity index (χ0n) is 9.46. The molecule has 0 aliphatic rings. The highest BCUT2D eigenvalue weighted by Crippen LogP contribution is 2.26. The molecule has 0 saturated carbocycles. The van der Waals surface area contributed by atoms with Crippen LogP contribution >= 0.6 is 0 Å². The number of aryl methyl sites for hydroxylation is 1. The highest BCUT2D eigenvalue weighted by Gasteiger charge is 2.09. The van der Waals surface area contributed by atoms with E-state index >= 15 is 0 Å². The zero-order valence-corrected chi connectivity index (χ0v) is 9.46. The van der Waals surface area contributed by atoms with Gasteiger partial charge in [0.1, 0.15) is 12.4 Å². The zero-order chi connectivity index (χ0) is 11.4. The highest BCUT2D eigenvalue weighted by atomic mass is 16.5. The third kappa shape index (κ3) is 2.27. The molecule has 0 amide bonds. The van der Waals surface area contributed by atoms with E-state index in [4.69, 9.17) is 4.74 Å². The smallest absolute Gasteiger partial charge is 0.150 e. The predicted molar refractivity (Wildman–Crippen MR) is 61.7 cm³/mol. The quantitative estimate of drug-likeness (QED) is 0.556. The number of carbonyl (C=O) groups excluding carboxylic acids is 1. The summed E-state index contributed by atoms with van der Waals surface area (Å²) in [6.07, 6.45) is 2.60. The van der Waals surface area contributed by atoms with E-state index in [2.05, 4.69) is 6.58 Å². The van der Waals surface area contributed by atoms with Crippen LogP contribution in [-0.2, 0) is 0 Å². The van der Waals surface area contributed by atoms with Crippen LogP contribution in [0, 0.1) is 20.8 Å². The molecule has 0 spiro atoms. The number of aldehydes is 1. The summed E-state index contributed by atoms with van der Waals surface area (Å²) >= 11 is 0. The first-order valence-electron chi connectivity index (χ1n) is 4.91. The van der Waals surface area contributed by atoms with E-state index in [1.54, 1.807) is 6.08 Å². The van der Waals surface area contributed by atoms with Crippen molar-refractivity contribution in [1.82, 2.24) is 0 Å². The van der Waals surface area contributed by atoms with Crippen LogP contribution in [0.25, 0.3) is 0 Å². The largest absolute Gasteiger partial charge is 0.489 e. The number of carbonyl (C=O) groups is 1. The molecular weight excluding hydrogens is 188 g/mol.